The number of nitrogens with zero attached hydrogens (tertiary/aromatic N) is 7. The Morgan fingerprint density at radius 2 is 1.77 bits per heavy atom. The summed E-state index contributed by atoms with van der Waals surface area (Å²) in [6.07, 6.45) is 4.27. The minimum Gasteiger partial charge on any atom is -0.326 e. The minimum absolute atomic E-state index is 0.0116. The number of pyridine rings is 1. The Labute approximate surface area is 227 Å². The van der Waals surface area contributed by atoms with Gasteiger partial charge in [-0.15, -0.1) is 0 Å². The Kier molecular flexibility index (Phi) is 6.55. The van der Waals surface area contributed by atoms with Gasteiger partial charge in [-0.1, -0.05) is 13.0 Å². The lowest BCUT2D eigenvalue weighted by molar-refractivity contribution is -0.0772. The molecule has 2 bridgehead atoms. The predicted octanol–water partition coefficient (Wildman–Crippen LogP) is 5.64. The number of fused-ring (bicyclic) bond motifs is 3. The van der Waals surface area contributed by atoms with Crippen LogP contribution >= 0.6 is 0 Å². The maximum atomic E-state index is 15.0. The Morgan fingerprint density at radius 3 is 2.44 bits per heavy atom. The quantitative estimate of drug-likeness (QED) is 0.330. The monoisotopic (exact) mass is 532 g/mol. The molecule has 6 heterocycles. The lowest BCUT2D eigenvalue weighted by Crippen LogP contribution is -2.68. The zero-order valence-electron chi connectivity index (χ0n) is 23.0. The van der Waals surface area contributed by atoms with Crippen LogP contribution in [0.3, 0.4) is 0 Å². The van der Waals surface area contributed by atoms with E-state index in [1.54, 1.807) is 6.07 Å². The Balaban J connectivity index is 1.22. The fourth-order valence-electron chi connectivity index (χ4n) is 6.29. The average molecular weight is 533 g/mol. The molecule has 7 rings (SSSR count). The number of benzene rings is 1. The van der Waals surface area contributed by atoms with E-state index in [1.807, 2.05) is 37.6 Å². The lowest BCUT2D eigenvalue weighted by Gasteiger charge is -2.57. The SMILES string of the molecule is CCN1C2CC1CN(C(C)c1ccc(Nc3ncc(F)c(-c4cc(F)c5nc(C)n(C(C)C)c5c4)n3)nc1)C2. The number of anilines is 2. The third-order valence-electron chi connectivity index (χ3n) is 8.25. The normalized spacial score (nSPS) is 20.4. The van der Waals surface area contributed by atoms with Gasteiger partial charge in [-0.2, -0.15) is 0 Å². The van der Waals surface area contributed by atoms with Gasteiger partial charge in [0.05, 0.1) is 11.7 Å². The van der Waals surface area contributed by atoms with Crippen LogP contribution in [-0.4, -0.2) is 66.0 Å². The molecule has 0 aliphatic carbocycles. The first-order chi connectivity index (χ1) is 18.7. The molecule has 3 atom stereocenters. The molecule has 3 unspecified atom stereocenters. The van der Waals surface area contributed by atoms with Gasteiger partial charge < -0.3 is 9.88 Å². The largest absolute Gasteiger partial charge is 0.326 e. The summed E-state index contributed by atoms with van der Waals surface area (Å²) in [6.45, 7) is 13.6. The summed E-state index contributed by atoms with van der Waals surface area (Å²) in [6, 6.07) is 8.62. The van der Waals surface area contributed by atoms with E-state index in [4.69, 9.17) is 0 Å². The Morgan fingerprint density at radius 1 is 1.00 bits per heavy atom. The molecule has 39 heavy (non-hydrogen) atoms. The number of halogens is 2. The first-order valence-corrected chi connectivity index (χ1v) is 13.7. The molecule has 3 saturated heterocycles. The molecule has 3 aliphatic rings. The fraction of sp³-hybridized carbons (Fsp3) is 0.448. The van der Waals surface area contributed by atoms with Crippen molar-refractivity contribution in [2.24, 2.45) is 0 Å². The van der Waals surface area contributed by atoms with E-state index in [9.17, 15) is 8.78 Å². The molecule has 10 heteroatoms. The zero-order chi connectivity index (χ0) is 27.4. The highest BCUT2D eigenvalue weighted by molar-refractivity contribution is 5.83. The zero-order valence-corrected chi connectivity index (χ0v) is 23.0. The van der Waals surface area contributed by atoms with Crippen molar-refractivity contribution in [3.63, 3.8) is 0 Å². The number of nitrogens with one attached hydrogen (secondary N) is 1. The van der Waals surface area contributed by atoms with Crippen LogP contribution in [0.5, 0.6) is 0 Å². The summed E-state index contributed by atoms with van der Waals surface area (Å²) < 4.78 is 31.8. The summed E-state index contributed by atoms with van der Waals surface area (Å²) >= 11 is 0. The molecule has 8 nitrogen and oxygen atoms in total. The standard InChI is InChI=1S/C29H34F2N8/c1-6-38-21-11-22(38)15-37(14-21)17(4)19-7-8-26(32-12-19)35-29-33-13-24(31)27(36-29)20-9-23(30)28-25(10-20)39(16(2)3)18(5)34-28/h7-10,12-13,16-17,21-22H,6,11,14-15H2,1-5H3,(H,32,33,35,36). The number of piperazine rings is 1. The first-order valence-electron chi connectivity index (χ1n) is 13.7. The number of imidazole rings is 1. The Hall–Kier alpha value is -3.50. The number of hydrogen-bond donors (Lipinski definition) is 1. The molecule has 0 spiro atoms. The van der Waals surface area contributed by atoms with E-state index in [-0.39, 0.29) is 29.2 Å². The topological polar surface area (TPSA) is 75.0 Å². The highest BCUT2D eigenvalue weighted by Gasteiger charge is 2.44. The molecule has 3 aromatic heterocycles. The van der Waals surface area contributed by atoms with Crippen molar-refractivity contribution in [3.8, 4) is 11.3 Å². The number of aromatic nitrogens is 5. The number of piperidine rings is 1. The summed E-state index contributed by atoms with van der Waals surface area (Å²) in [7, 11) is 0. The van der Waals surface area contributed by atoms with Gasteiger partial charge in [0.1, 0.15) is 22.9 Å². The summed E-state index contributed by atoms with van der Waals surface area (Å²) in [4.78, 5) is 22.5. The van der Waals surface area contributed by atoms with Crippen molar-refractivity contribution >= 4 is 22.8 Å². The van der Waals surface area contributed by atoms with Crippen molar-refractivity contribution in [2.45, 2.75) is 65.2 Å². The first kappa shape index (κ1) is 25.8. The van der Waals surface area contributed by atoms with Crippen LogP contribution in [0.15, 0.2) is 36.7 Å². The highest BCUT2D eigenvalue weighted by Crippen LogP contribution is 2.36. The second kappa shape index (κ2) is 9.91. The maximum absolute atomic E-state index is 15.0. The van der Waals surface area contributed by atoms with Gasteiger partial charge in [-0.3, -0.25) is 9.80 Å². The van der Waals surface area contributed by atoms with Gasteiger partial charge in [0.2, 0.25) is 5.95 Å². The third-order valence-corrected chi connectivity index (χ3v) is 8.25. The van der Waals surface area contributed by atoms with Crippen LogP contribution in [0.2, 0.25) is 0 Å². The van der Waals surface area contributed by atoms with E-state index in [0.29, 0.717) is 34.8 Å². The second-order valence-electron chi connectivity index (χ2n) is 10.9. The third kappa shape index (κ3) is 4.55. The number of hydrogen-bond acceptors (Lipinski definition) is 7. The van der Waals surface area contributed by atoms with Crippen LogP contribution in [0.25, 0.3) is 22.3 Å². The molecule has 3 fully saturated rings. The molecule has 1 aromatic carbocycles. The minimum atomic E-state index is -0.634. The molecule has 3 aliphatic heterocycles. The number of aryl methyl sites for hydroxylation is 1. The van der Waals surface area contributed by atoms with Gasteiger partial charge in [-0.05, 0) is 64.4 Å². The summed E-state index contributed by atoms with van der Waals surface area (Å²) in [5.74, 6) is 0.287. The number of rotatable bonds is 7. The van der Waals surface area contributed by atoms with Crippen molar-refractivity contribution in [3.05, 3.63) is 59.7 Å². The van der Waals surface area contributed by atoms with Crippen molar-refractivity contribution < 1.29 is 8.78 Å². The lowest BCUT2D eigenvalue weighted by atomic mass is 9.86. The number of likely N-dealkylation sites (N-methyl/N-ethyl adjacent to an activating group) is 1. The fourth-order valence-corrected chi connectivity index (χ4v) is 6.29. The molecule has 0 radical (unpaired) electrons. The molecule has 1 N–H and O–H groups in total. The van der Waals surface area contributed by atoms with Crippen LogP contribution in [0, 0.1) is 18.6 Å². The second-order valence-corrected chi connectivity index (χ2v) is 10.9. The Bertz CT molecular complexity index is 1500. The van der Waals surface area contributed by atoms with Gasteiger partial charge in [0, 0.05) is 49.0 Å². The predicted molar refractivity (Wildman–Crippen MR) is 148 cm³/mol. The van der Waals surface area contributed by atoms with Crippen molar-refractivity contribution in [2.75, 3.05) is 25.0 Å². The molecule has 0 saturated carbocycles. The van der Waals surface area contributed by atoms with Gasteiger partial charge in [-0.25, -0.2) is 28.7 Å². The maximum Gasteiger partial charge on any atom is 0.229 e. The molecular formula is C29H34F2N8. The molecule has 0 amide bonds. The van der Waals surface area contributed by atoms with E-state index in [1.165, 1.54) is 12.5 Å². The average Bonchev–Trinajstić information content (AvgIpc) is 3.26. The van der Waals surface area contributed by atoms with E-state index in [0.717, 1.165) is 31.4 Å². The molecule has 204 valence electrons. The summed E-state index contributed by atoms with van der Waals surface area (Å²) in [5.41, 5.74) is 2.34. The van der Waals surface area contributed by atoms with Crippen molar-refractivity contribution in [1.82, 2.24) is 34.3 Å². The van der Waals surface area contributed by atoms with Crippen LogP contribution in [0.1, 0.15) is 57.6 Å². The molecular weight excluding hydrogens is 498 g/mol. The van der Waals surface area contributed by atoms with Crippen LogP contribution < -0.4 is 5.32 Å². The highest BCUT2D eigenvalue weighted by atomic mass is 19.1. The van der Waals surface area contributed by atoms with E-state index in [2.05, 4.69) is 55.0 Å². The van der Waals surface area contributed by atoms with Gasteiger partial charge >= 0.3 is 0 Å². The molecule has 4 aromatic rings. The van der Waals surface area contributed by atoms with Gasteiger partial charge in [0.15, 0.2) is 11.6 Å². The van der Waals surface area contributed by atoms with Gasteiger partial charge in [0.25, 0.3) is 0 Å². The summed E-state index contributed by atoms with van der Waals surface area (Å²) in [5, 5.41) is 3.07. The van der Waals surface area contributed by atoms with Crippen molar-refractivity contribution in [1.29, 1.82) is 0 Å². The van der Waals surface area contributed by atoms with E-state index < -0.39 is 11.6 Å². The van der Waals surface area contributed by atoms with E-state index >= 15 is 0 Å². The van der Waals surface area contributed by atoms with Crippen LogP contribution in [0.4, 0.5) is 20.5 Å². The smallest absolute Gasteiger partial charge is 0.229 e. The van der Waals surface area contributed by atoms with Crippen LogP contribution in [-0.2, 0) is 0 Å².